The Morgan fingerprint density at radius 3 is 2.61 bits per heavy atom. The average molecular weight is 514 g/mol. The van der Waals surface area contributed by atoms with Crippen molar-refractivity contribution in [2.45, 2.75) is 13.0 Å². The van der Waals surface area contributed by atoms with E-state index in [4.69, 9.17) is 9.47 Å². The number of benzene rings is 2. The predicted octanol–water partition coefficient (Wildman–Crippen LogP) is 4.43. The normalized spacial score (nSPS) is 11.6. The van der Waals surface area contributed by atoms with Crippen molar-refractivity contribution in [3.05, 3.63) is 101 Å². The number of esters is 1. The maximum atomic E-state index is 12.6. The molecule has 0 saturated heterocycles. The molecule has 0 aliphatic carbocycles. The lowest BCUT2D eigenvalue weighted by Crippen LogP contribution is -2.29. The average Bonchev–Trinajstić information content (AvgIpc) is 3.37. The number of hydrogen-bond donors (Lipinski definition) is 1. The molecule has 2 aromatic carbocycles. The lowest BCUT2D eigenvalue weighted by Gasteiger charge is -2.14. The van der Waals surface area contributed by atoms with Gasteiger partial charge in [-0.3, -0.25) is 19.9 Å². The number of rotatable bonds is 9. The summed E-state index contributed by atoms with van der Waals surface area (Å²) in [6, 6.07) is 16.9. The SMILES string of the molecule is COc1ccc([N+](=O)[O-])cc1NC(=O)C(C)OC(=O)/C=C/c1cn(-c2ccccc2)nc1-c1cccnc1. The van der Waals surface area contributed by atoms with E-state index in [0.29, 0.717) is 11.3 Å². The molecule has 0 aliphatic rings. The smallest absolute Gasteiger partial charge is 0.331 e. The fraction of sp³-hybridized carbons (Fsp3) is 0.111. The van der Waals surface area contributed by atoms with Gasteiger partial charge >= 0.3 is 5.97 Å². The number of pyridine rings is 1. The fourth-order valence-electron chi connectivity index (χ4n) is 3.52. The van der Waals surface area contributed by atoms with Gasteiger partial charge in [-0.2, -0.15) is 5.10 Å². The summed E-state index contributed by atoms with van der Waals surface area (Å²) in [5.41, 5.74) is 2.69. The summed E-state index contributed by atoms with van der Waals surface area (Å²) in [7, 11) is 1.37. The van der Waals surface area contributed by atoms with E-state index in [1.54, 1.807) is 35.4 Å². The van der Waals surface area contributed by atoms with Crippen molar-refractivity contribution in [3.63, 3.8) is 0 Å². The summed E-state index contributed by atoms with van der Waals surface area (Å²) in [4.78, 5) is 39.8. The molecule has 0 saturated carbocycles. The highest BCUT2D eigenvalue weighted by Crippen LogP contribution is 2.29. The first-order chi connectivity index (χ1) is 18.4. The maximum Gasteiger partial charge on any atom is 0.331 e. The second-order valence-corrected chi connectivity index (χ2v) is 8.00. The van der Waals surface area contributed by atoms with Crippen LogP contribution >= 0.6 is 0 Å². The van der Waals surface area contributed by atoms with E-state index in [1.807, 2.05) is 36.4 Å². The molecule has 1 amide bonds. The van der Waals surface area contributed by atoms with Crippen molar-refractivity contribution >= 4 is 29.3 Å². The van der Waals surface area contributed by atoms with E-state index in [1.165, 1.54) is 32.2 Å². The lowest BCUT2D eigenvalue weighted by atomic mass is 10.1. The topological polar surface area (TPSA) is 138 Å². The van der Waals surface area contributed by atoms with Gasteiger partial charge in [0, 0.05) is 47.9 Å². The molecule has 0 aliphatic heterocycles. The number of hydrogen-bond acceptors (Lipinski definition) is 8. The van der Waals surface area contributed by atoms with Crippen molar-refractivity contribution in [2.24, 2.45) is 0 Å². The van der Waals surface area contributed by atoms with Gasteiger partial charge < -0.3 is 14.8 Å². The first-order valence-electron chi connectivity index (χ1n) is 11.4. The highest BCUT2D eigenvalue weighted by molar-refractivity contribution is 5.98. The Morgan fingerprint density at radius 1 is 1.13 bits per heavy atom. The predicted molar refractivity (Wildman–Crippen MR) is 140 cm³/mol. The molecular weight excluding hydrogens is 490 g/mol. The molecule has 1 atom stereocenters. The number of amides is 1. The molecule has 11 nitrogen and oxygen atoms in total. The van der Waals surface area contributed by atoms with E-state index in [9.17, 15) is 19.7 Å². The zero-order chi connectivity index (χ0) is 27.1. The van der Waals surface area contributed by atoms with Crippen LogP contribution in [-0.2, 0) is 14.3 Å². The van der Waals surface area contributed by atoms with Crippen molar-refractivity contribution in [1.29, 1.82) is 0 Å². The second kappa shape index (κ2) is 11.6. The number of ether oxygens (including phenoxy) is 2. The van der Waals surface area contributed by atoms with Gasteiger partial charge in [-0.05, 0) is 43.3 Å². The Morgan fingerprint density at radius 2 is 1.92 bits per heavy atom. The van der Waals surface area contributed by atoms with Crippen LogP contribution in [0.3, 0.4) is 0 Å². The largest absolute Gasteiger partial charge is 0.495 e. The van der Waals surface area contributed by atoms with Crippen LogP contribution in [0.25, 0.3) is 23.0 Å². The molecule has 38 heavy (non-hydrogen) atoms. The van der Waals surface area contributed by atoms with E-state index in [0.717, 1.165) is 17.3 Å². The van der Waals surface area contributed by atoms with Gasteiger partial charge in [-0.1, -0.05) is 18.2 Å². The first kappa shape index (κ1) is 25.8. The Labute approximate surface area is 217 Å². The summed E-state index contributed by atoms with van der Waals surface area (Å²) < 4.78 is 12.1. The van der Waals surface area contributed by atoms with Gasteiger partial charge in [-0.15, -0.1) is 0 Å². The van der Waals surface area contributed by atoms with Gasteiger partial charge in [0.05, 0.1) is 23.4 Å². The Hall–Kier alpha value is -5.32. The molecule has 0 radical (unpaired) electrons. The summed E-state index contributed by atoms with van der Waals surface area (Å²) in [5.74, 6) is -1.22. The van der Waals surface area contributed by atoms with Gasteiger partial charge in [0.25, 0.3) is 11.6 Å². The van der Waals surface area contributed by atoms with E-state index in [-0.39, 0.29) is 17.1 Å². The minimum atomic E-state index is -1.19. The van der Waals surface area contributed by atoms with Crippen LogP contribution in [-0.4, -0.2) is 44.8 Å². The summed E-state index contributed by atoms with van der Waals surface area (Å²) in [6.07, 6.45) is 6.64. The van der Waals surface area contributed by atoms with Gasteiger partial charge in [0.1, 0.15) is 11.4 Å². The zero-order valence-corrected chi connectivity index (χ0v) is 20.5. The third-order valence-corrected chi connectivity index (χ3v) is 5.41. The molecular formula is C27H23N5O6. The van der Waals surface area contributed by atoms with Crippen molar-refractivity contribution in [3.8, 4) is 22.7 Å². The molecule has 4 rings (SSSR count). The number of aromatic nitrogens is 3. The van der Waals surface area contributed by atoms with E-state index in [2.05, 4.69) is 15.4 Å². The van der Waals surface area contributed by atoms with E-state index < -0.39 is 22.9 Å². The Kier molecular flexibility index (Phi) is 7.87. The number of nitrogens with zero attached hydrogens (tertiary/aromatic N) is 4. The molecule has 11 heteroatoms. The van der Waals surface area contributed by atoms with Crippen LogP contribution in [0.15, 0.2) is 85.3 Å². The molecule has 2 aromatic heterocycles. The Bertz CT molecular complexity index is 1480. The fourth-order valence-corrected chi connectivity index (χ4v) is 3.52. The monoisotopic (exact) mass is 513 g/mol. The maximum absolute atomic E-state index is 12.6. The number of methoxy groups -OCH3 is 1. The Balaban J connectivity index is 1.49. The quantitative estimate of drug-likeness (QED) is 0.150. The molecule has 0 fully saturated rings. The number of carbonyl (C=O) groups excluding carboxylic acids is 2. The molecule has 1 unspecified atom stereocenters. The molecule has 1 N–H and O–H groups in total. The molecule has 0 spiro atoms. The minimum Gasteiger partial charge on any atom is -0.495 e. The molecule has 192 valence electrons. The zero-order valence-electron chi connectivity index (χ0n) is 20.5. The van der Waals surface area contributed by atoms with Gasteiger partial charge in [0.15, 0.2) is 6.10 Å². The van der Waals surface area contributed by atoms with Crippen LogP contribution in [0.2, 0.25) is 0 Å². The van der Waals surface area contributed by atoms with Crippen LogP contribution in [0.4, 0.5) is 11.4 Å². The van der Waals surface area contributed by atoms with Crippen molar-refractivity contribution in [1.82, 2.24) is 14.8 Å². The van der Waals surface area contributed by atoms with Crippen molar-refractivity contribution < 1.29 is 24.0 Å². The third-order valence-electron chi connectivity index (χ3n) is 5.41. The summed E-state index contributed by atoms with van der Waals surface area (Å²) in [6.45, 7) is 1.39. The number of nitro groups is 1. The van der Waals surface area contributed by atoms with Crippen molar-refractivity contribution in [2.75, 3.05) is 12.4 Å². The highest BCUT2D eigenvalue weighted by Gasteiger charge is 2.20. The highest BCUT2D eigenvalue weighted by atomic mass is 16.6. The number of carbonyl (C=O) groups is 2. The van der Waals surface area contributed by atoms with Crippen LogP contribution < -0.4 is 10.1 Å². The minimum absolute atomic E-state index is 0.0829. The number of anilines is 1. The number of nitro benzene ring substituents is 1. The lowest BCUT2D eigenvalue weighted by molar-refractivity contribution is -0.384. The number of nitrogens with one attached hydrogen (secondary N) is 1. The number of para-hydroxylation sites is 1. The van der Waals surface area contributed by atoms with Crippen LogP contribution in [0.1, 0.15) is 12.5 Å². The first-order valence-corrected chi connectivity index (χ1v) is 11.4. The molecule has 4 aromatic rings. The van der Waals surface area contributed by atoms with E-state index >= 15 is 0 Å². The summed E-state index contributed by atoms with van der Waals surface area (Å²) >= 11 is 0. The number of non-ortho nitro benzene ring substituents is 1. The standard InChI is InChI=1S/C27H23N5O6/c1-18(27(34)29-23-15-22(32(35)36)11-12-24(23)37-2)38-25(33)13-10-20-17-31(21-8-4-3-5-9-21)30-26(20)19-7-6-14-28-16-19/h3-18H,1-2H3,(H,29,34)/b13-10+. The van der Waals surface area contributed by atoms with Crippen LogP contribution in [0.5, 0.6) is 5.75 Å². The van der Waals surface area contributed by atoms with Crippen LogP contribution in [0, 0.1) is 10.1 Å². The third kappa shape index (κ3) is 6.08. The molecule has 0 bridgehead atoms. The second-order valence-electron chi connectivity index (χ2n) is 8.00. The van der Waals surface area contributed by atoms with Gasteiger partial charge in [-0.25, -0.2) is 9.48 Å². The van der Waals surface area contributed by atoms with Gasteiger partial charge in [0.2, 0.25) is 0 Å². The summed E-state index contributed by atoms with van der Waals surface area (Å²) in [5, 5.41) is 18.2. The molecule has 2 heterocycles.